The van der Waals surface area contributed by atoms with Crippen LogP contribution in [0.2, 0.25) is 0 Å². The van der Waals surface area contributed by atoms with E-state index >= 15 is 4.79 Å². The number of para-hydroxylation sites is 2. The van der Waals surface area contributed by atoms with E-state index in [1.807, 2.05) is 36.4 Å². The zero-order valence-corrected chi connectivity index (χ0v) is 53.4. The number of carboxylic acids is 1. The van der Waals surface area contributed by atoms with E-state index in [1.165, 1.54) is 55.5 Å². The maximum absolute atomic E-state index is 15.1. The average Bonchev–Trinajstić information content (AvgIpc) is 1.53. The third kappa shape index (κ3) is 20.8. The molecule has 95 heavy (non-hydrogen) atoms. The minimum absolute atomic E-state index is 0.0911. The number of Topliss-reactive ketones (excluding diaryl/α,β-unsaturated/α-hetero) is 1. The number of hydrogen-bond donors (Lipinski definition) is 15. The van der Waals surface area contributed by atoms with Gasteiger partial charge in [-0.2, -0.15) is 0 Å². The number of rotatable bonds is 32. The van der Waals surface area contributed by atoms with E-state index in [0.717, 1.165) is 16.5 Å². The lowest BCUT2D eigenvalue weighted by atomic mass is 9.84. The maximum atomic E-state index is 15.1. The van der Waals surface area contributed by atoms with E-state index in [9.17, 15) is 68.4 Å². The van der Waals surface area contributed by atoms with Gasteiger partial charge in [0, 0.05) is 72.2 Å². The standard InChI is InChI=1S/C69H81N11O15/c1-38(2)60(68(95)79-55(32-44-35-72-50-19-13-11-17-48(44)50)64(91)74-51(61(88)69(4,5)6)28-40-14-8-7-9-15-40)80-66(93)56(33-59(86)87)78-63(90)52(29-41-20-24-45(83)25-21-41)75-65(92)54(31-43-34-71-49-18-12-10-16-47(43)49)77-62(89)53(30-42-22-26-46(84)27-23-42)76-67(94)57(37-81)73-58(85)36-70-39(3)82/h7-27,34-35,38,51-57,60,71-72,81,83-84H,28-33,36-37H2,1-6H3,(H,70,82)(H,73,85)(H,74,91)(H,75,92)(H,76,94)(H,77,89)(H,78,90)(H,79,95)(H,80,93)(H,86,87)/t51-,52-,53-,54-,55-,56-,57-,60-/m0/s1. The Morgan fingerprint density at radius 1 is 0.442 bits per heavy atom. The molecule has 26 nitrogen and oxygen atoms in total. The fourth-order valence-electron chi connectivity index (χ4n) is 10.6. The summed E-state index contributed by atoms with van der Waals surface area (Å²) in [5.41, 5.74) is 3.13. The number of benzene rings is 5. The number of aromatic amines is 2. The van der Waals surface area contributed by atoms with Gasteiger partial charge >= 0.3 is 5.97 Å². The van der Waals surface area contributed by atoms with Crippen LogP contribution in [0.3, 0.4) is 0 Å². The molecule has 0 fully saturated rings. The summed E-state index contributed by atoms with van der Waals surface area (Å²) in [5.74, 6) is -11.1. The number of aromatic hydroxyl groups is 2. The fourth-order valence-corrected chi connectivity index (χ4v) is 10.6. The molecular formula is C69H81N11O15. The number of aromatic nitrogens is 2. The summed E-state index contributed by atoms with van der Waals surface area (Å²) >= 11 is 0. The number of carbonyl (C=O) groups excluding carboxylic acids is 10. The van der Waals surface area contributed by atoms with Crippen LogP contribution in [0.1, 0.15) is 75.8 Å². The highest BCUT2D eigenvalue weighted by molar-refractivity contribution is 6.00. The van der Waals surface area contributed by atoms with Crippen LogP contribution in [0.5, 0.6) is 11.5 Å². The van der Waals surface area contributed by atoms with Crippen LogP contribution < -0.4 is 47.9 Å². The number of aliphatic hydroxyl groups is 1. The number of phenolic OH excluding ortho intramolecular Hbond substituents is 2. The van der Waals surface area contributed by atoms with Crippen molar-refractivity contribution in [3.8, 4) is 11.5 Å². The number of carboxylic acid groups (broad SMARTS) is 1. The van der Waals surface area contributed by atoms with Crippen molar-refractivity contribution in [1.29, 1.82) is 0 Å². The van der Waals surface area contributed by atoms with Crippen molar-refractivity contribution in [2.75, 3.05) is 13.2 Å². The van der Waals surface area contributed by atoms with Gasteiger partial charge in [-0.15, -0.1) is 0 Å². The Hall–Kier alpha value is -10.9. The Bertz CT molecular complexity index is 3880. The Labute approximate surface area is 547 Å². The molecule has 0 saturated carbocycles. The molecule has 26 heteroatoms. The molecule has 0 aliphatic heterocycles. The number of amides is 9. The second-order valence-electron chi connectivity index (χ2n) is 24.6. The van der Waals surface area contributed by atoms with E-state index in [2.05, 4.69) is 57.8 Å². The highest BCUT2D eigenvalue weighted by atomic mass is 16.4. The first-order valence-electron chi connectivity index (χ1n) is 30.9. The van der Waals surface area contributed by atoms with Crippen molar-refractivity contribution in [2.45, 2.75) is 128 Å². The molecule has 7 aromatic rings. The first-order chi connectivity index (χ1) is 45.1. The molecule has 2 aromatic heterocycles. The summed E-state index contributed by atoms with van der Waals surface area (Å²) in [4.78, 5) is 160. The monoisotopic (exact) mass is 1300 g/mol. The van der Waals surface area contributed by atoms with Gasteiger partial charge in [0.05, 0.1) is 25.6 Å². The smallest absolute Gasteiger partial charge is 0.305 e. The summed E-state index contributed by atoms with van der Waals surface area (Å²) in [5, 5.41) is 65.3. The van der Waals surface area contributed by atoms with Crippen LogP contribution in [0, 0.1) is 11.3 Å². The molecule has 0 aliphatic rings. The van der Waals surface area contributed by atoms with Gasteiger partial charge in [0.2, 0.25) is 53.2 Å². The minimum atomic E-state index is -1.94. The largest absolute Gasteiger partial charge is 0.508 e. The molecule has 9 amide bonds. The highest BCUT2D eigenvalue weighted by Crippen LogP contribution is 2.24. The predicted octanol–water partition coefficient (Wildman–Crippen LogP) is 2.33. The van der Waals surface area contributed by atoms with Crippen LogP contribution in [-0.2, 0) is 84.8 Å². The molecule has 5 aromatic carbocycles. The second kappa shape index (κ2) is 33.1. The zero-order valence-electron chi connectivity index (χ0n) is 53.4. The van der Waals surface area contributed by atoms with Crippen molar-refractivity contribution in [3.05, 3.63) is 168 Å². The molecule has 8 atom stereocenters. The molecule has 2 heterocycles. The predicted molar refractivity (Wildman–Crippen MR) is 351 cm³/mol. The lowest BCUT2D eigenvalue weighted by Crippen LogP contribution is -2.62. The number of H-pyrrole nitrogens is 2. The van der Waals surface area contributed by atoms with Gasteiger partial charge in [-0.25, -0.2) is 0 Å². The molecule has 0 unspecified atom stereocenters. The average molecular weight is 1300 g/mol. The molecule has 0 radical (unpaired) electrons. The number of fused-ring (bicyclic) bond motifs is 2. The van der Waals surface area contributed by atoms with Gasteiger partial charge in [-0.3, -0.25) is 52.7 Å². The third-order valence-corrected chi connectivity index (χ3v) is 15.7. The maximum Gasteiger partial charge on any atom is 0.305 e. The van der Waals surface area contributed by atoms with Crippen LogP contribution >= 0.6 is 0 Å². The first kappa shape index (κ1) is 71.5. The summed E-state index contributed by atoms with van der Waals surface area (Å²) < 4.78 is 0. The number of hydrogen-bond acceptors (Lipinski definition) is 14. The van der Waals surface area contributed by atoms with Crippen LogP contribution in [-0.4, -0.2) is 157 Å². The molecule has 0 saturated heterocycles. The minimum Gasteiger partial charge on any atom is -0.508 e. The second-order valence-corrected chi connectivity index (χ2v) is 24.6. The quantitative estimate of drug-likeness (QED) is 0.0288. The number of ketones is 1. The fraction of sp³-hybridized carbons (Fsp3) is 0.348. The van der Waals surface area contributed by atoms with Gasteiger partial charge < -0.3 is 78.2 Å². The van der Waals surface area contributed by atoms with Crippen molar-refractivity contribution >= 4 is 86.7 Å². The summed E-state index contributed by atoms with van der Waals surface area (Å²) in [6.45, 7) is 8.03. The number of aliphatic carboxylic acids is 1. The first-order valence-corrected chi connectivity index (χ1v) is 30.9. The molecule has 7 rings (SSSR count). The van der Waals surface area contributed by atoms with Gasteiger partial charge in [-0.05, 0) is 76.6 Å². The Kier molecular flexibility index (Phi) is 24.9. The van der Waals surface area contributed by atoms with Gasteiger partial charge in [-0.1, -0.05) is 126 Å². The SMILES string of the molecule is CC(=O)NCC(=O)N[C@@H](CO)C(=O)N[C@@H](Cc1ccc(O)cc1)C(=O)N[C@@H](Cc1c[nH]c2ccccc12)C(=O)N[C@@H](Cc1ccc(O)cc1)C(=O)N[C@@H](CC(=O)O)C(=O)N[C@H](C(=O)N[C@@H](Cc1c[nH]c2ccccc12)C(=O)N[C@@H](Cc1ccccc1)C(=O)C(C)(C)C)C(C)C. The van der Waals surface area contributed by atoms with E-state index in [1.54, 1.807) is 89.5 Å². The number of aliphatic hydroxyl groups excluding tert-OH is 1. The van der Waals surface area contributed by atoms with Gasteiger partial charge in [0.25, 0.3) is 0 Å². The topological polar surface area (TPSA) is 409 Å². The highest BCUT2D eigenvalue weighted by Gasteiger charge is 2.38. The number of phenols is 2. The van der Waals surface area contributed by atoms with E-state index in [4.69, 9.17) is 0 Å². The summed E-state index contributed by atoms with van der Waals surface area (Å²) in [6.07, 6.45) is 1.35. The summed E-state index contributed by atoms with van der Waals surface area (Å²) in [7, 11) is 0. The summed E-state index contributed by atoms with van der Waals surface area (Å²) in [6, 6.07) is 22.1. The molecule has 0 bridgehead atoms. The normalized spacial score (nSPS) is 13.9. The van der Waals surface area contributed by atoms with Crippen LogP contribution in [0.15, 0.2) is 140 Å². The molecular weight excluding hydrogens is 1220 g/mol. The molecule has 502 valence electrons. The van der Waals surface area contributed by atoms with Crippen molar-refractivity contribution in [2.24, 2.45) is 11.3 Å². The number of carbonyl (C=O) groups is 11. The molecule has 15 N–H and O–H groups in total. The lowest BCUT2D eigenvalue weighted by molar-refractivity contribution is -0.141. The van der Waals surface area contributed by atoms with E-state index < -0.39 is 138 Å². The zero-order chi connectivity index (χ0) is 69.1. The Balaban J connectivity index is 1.17. The number of nitrogens with one attached hydrogen (secondary N) is 11. The van der Waals surface area contributed by atoms with Gasteiger partial charge in [0.1, 0.15) is 53.8 Å². The third-order valence-electron chi connectivity index (χ3n) is 15.7. The molecule has 0 spiro atoms. The van der Waals surface area contributed by atoms with E-state index in [-0.39, 0.29) is 49.4 Å². The van der Waals surface area contributed by atoms with Gasteiger partial charge in [0.15, 0.2) is 5.78 Å². The lowest BCUT2D eigenvalue weighted by Gasteiger charge is -2.30. The van der Waals surface area contributed by atoms with Crippen molar-refractivity contribution in [1.82, 2.24) is 57.8 Å². The van der Waals surface area contributed by atoms with Crippen molar-refractivity contribution < 1.29 is 73.2 Å². The van der Waals surface area contributed by atoms with Crippen LogP contribution in [0.4, 0.5) is 0 Å². The van der Waals surface area contributed by atoms with Crippen LogP contribution in [0.25, 0.3) is 21.8 Å². The van der Waals surface area contributed by atoms with E-state index in [0.29, 0.717) is 33.2 Å². The Morgan fingerprint density at radius 2 is 0.821 bits per heavy atom. The van der Waals surface area contributed by atoms with Crippen molar-refractivity contribution in [3.63, 3.8) is 0 Å². The Morgan fingerprint density at radius 3 is 1.25 bits per heavy atom. The molecule has 0 aliphatic carbocycles.